The number of aromatic nitrogens is 4. The van der Waals surface area contributed by atoms with E-state index in [-0.39, 0.29) is 79.4 Å². The molecule has 16 nitrogen and oxygen atoms in total. The van der Waals surface area contributed by atoms with Crippen LogP contribution in [0.3, 0.4) is 0 Å². The summed E-state index contributed by atoms with van der Waals surface area (Å²) in [5, 5.41) is 80.6. The van der Waals surface area contributed by atoms with Crippen LogP contribution < -0.4 is 20.4 Å². The van der Waals surface area contributed by atoms with Crippen LogP contribution in [0.15, 0.2) is 170 Å². The molecule has 4 N–H and O–H groups in total. The van der Waals surface area contributed by atoms with Gasteiger partial charge in [-0.1, -0.05) is 97.1 Å². The fourth-order valence-electron chi connectivity index (χ4n) is 6.51. The molecule has 10 aromatic rings. The second-order valence-corrected chi connectivity index (χ2v) is 15.4. The third-order valence-electron chi connectivity index (χ3n) is 10.1. The topological polar surface area (TPSA) is 293 Å². The van der Waals surface area contributed by atoms with Crippen molar-refractivity contribution >= 4 is 67.5 Å². The van der Waals surface area contributed by atoms with Gasteiger partial charge in [0.1, 0.15) is 23.0 Å². The van der Waals surface area contributed by atoms with Gasteiger partial charge in [0.25, 0.3) is 0 Å². The number of nitrogens with zero attached hydrogens (tertiary/aromatic N) is 4. The van der Waals surface area contributed by atoms with Crippen molar-refractivity contribution in [2.24, 2.45) is 0 Å². The van der Waals surface area contributed by atoms with E-state index >= 15 is 0 Å². The maximum Gasteiger partial charge on any atom is 2.00 e. The third kappa shape index (κ3) is 16.6. The predicted octanol–water partition coefficient (Wildman–Crippen LogP) is 5.82. The zero-order chi connectivity index (χ0) is 52.5. The molecule has 18 heteroatoms. The number of aromatic carboxylic acids is 4. The number of hydrogen-bond donors (Lipinski definition) is 4. The van der Waals surface area contributed by atoms with Crippen molar-refractivity contribution in [3.63, 3.8) is 0 Å². The summed E-state index contributed by atoms with van der Waals surface area (Å²) >= 11 is 0. The fourth-order valence-corrected chi connectivity index (χ4v) is 6.51. The second-order valence-electron chi connectivity index (χ2n) is 15.4. The van der Waals surface area contributed by atoms with Gasteiger partial charge in [-0.2, -0.15) is 0 Å². The van der Waals surface area contributed by atoms with Gasteiger partial charge < -0.3 is 60.0 Å². The molecule has 6 aromatic carbocycles. The first-order valence-corrected chi connectivity index (χ1v) is 21.6. The van der Waals surface area contributed by atoms with Crippen molar-refractivity contribution in [2.75, 3.05) is 0 Å². The first kappa shape index (κ1) is 59.4. The average Bonchev–Trinajstić information content (AvgIpc) is 3.35. The number of fused-ring (bicyclic) bond motifs is 6. The summed E-state index contributed by atoms with van der Waals surface area (Å²) in [6.07, 6.45) is 0. The molecule has 0 amide bonds. The maximum absolute atomic E-state index is 10.2. The number of benzene rings is 6. The summed E-state index contributed by atoms with van der Waals surface area (Å²) < 4.78 is 0. The first-order chi connectivity index (χ1) is 34.3. The molecule has 0 aliphatic heterocycles. The summed E-state index contributed by atoms with van der Waals surface area (Å²) in [6, 6.07) is 47.5. The van der Waals surface area contributed by atoms with Crippen LogP contribution in [0.25, 0.3) is 43.6 Å². The molecule has 0 fully saturated rings. The monoisotopic (exact) mass is 1090 g/mol. The molecule has 4 heterocycles. The van der Waals surface area contributed by atoms with Crippen molar-refractivity contribution in [1.29, 1.82) is 0 Å². The number of carboxylic acids is 4. The molecule has 382 valence electrons. The van der Waals surface area contributed by atoms with E-state index in [1.165, 1.54) is 72.8 Å². The second kappa shape index (κ2) is 28.2. The predicted molar refractivity (Wildman–Crippen MR) is 263 cm³/mol. The van der Waals surface area contributed by atoms with Gasteiger partial charge in [-0.15, -0.1) is 0 Å². The zero-order valence-electron chi connectivity index (χ0n) is 39.6. The van der Waals surface area contributed by atoms with Gasteiger partial charge in [-0.3, -0.25) is 19.9 Å². The van der Waals surface area contributed by atoms with E-state index in [9.17, 15) is 39.6 Å². The molecule has 0 spiro atoms. The Morgan fingerprint density at radius 1 is 0.297 bits per heavy atom. The minimum atomic E-state index is -1.36. The fraction of sp³-hybridized carbons (Fsp3) is 0.0714. The first-order valence-electron chi connectivity index (χ1n) is 21.6. The number of pyridine rings is 4. The molecule has 0 saturated heterocycles. The Hall–Kier alpha value is -8.92. The molecule has 74 heavy (non-hydrogen) atoms. The van der Waals surface area contributed by atoms with E-state index in [0.29, 0.717) is 0 Å². The molecule has 0 aliphatic carbocycles. The summed E-state index contributed by atoms with van der Waals surface area (Å²) in [6.45, 7) is 8.03. The molecule has 0 saturated carbocycles. The quantitative estimate of drug-likeness (QED) is 0.119. The van der Waals surface area contributed by atoms with E-state index in [2.05, 4.69) is 68.5 Å². The largest absolute Gasteiger partial charge is 2.00 e. The van der Waals surface area contributed by atoms with Crippen LogP contribution in [0.5, 0.6) is 23.0 Å². The number of para-hydroxylation sites is 4. The number of carbonyl (C=O) groups excluding carboxylic acids is 4. The van der Waals surface area contributed by atoms with Crippen molar-refractivity contribution < 1.29 is 94.2 Å². The molecule has 0 aliphatic rings. The molecule has 2 radical (unpaired) electrons. The van der Waals surface area contributed by atoms with Crippen LogP contribution in [0, 0.1) is 27.7 Å². The SMILES string of the molecule is Cc1ccc2ccc3ccc(C)nc3c2n1.Cc1ccc2ccc3ccc(C)nc3c2n1.O=C([O-])c1ccccc1O.O=C([O-])c1ccccc1O.O=C([O-])c1ccccc1O.O=C([O-])c1ccccc1O.[Cu+2].[Cu+2]. The summed E-state index contributed by atoms with van der Waals surface area (Å²) in [5.74, 6) is -6.50. The Morgan fingerprint density at radius 3 is 0.608 bits per heavy atom. The molecule has 4 aromatic heterocycles. The molecule has 0 atom stereocenters. The molecule has 10 rings (SSSR count). The van der Waals surface area contributed by atoms with Gasteiger partial charge in [-0.25, -0.2) is 0 Å². The number of carbonyl (C=O) groups is 4. The normalized spacial score (nSPS) is 9.78. The van der Waals surface area contributed by atoms with Crippen molar-refractivity contribution in [1.82, 2.24) is 19.9 Å². The Bertz CT molecular complexity index is 3110. The Kier molecular flexibility index (Phi) is 22.6. The van der Waals surface area contributed by atoms with E-state index in [1.54, 1.807) is 24.3 Å². The number of rotatable bonds is 4. The van der Waals surface area contributed by atoms with Gasteiger partial charge in [0.2, 0.25) is 0 Å². The summed E-state index contributed by atoms with van der Waals surface area (Å²) in [4.78, 5) is 58.9. The zero-order valence-corrected chi connectivity index (χ0v) is 41.5. The molecular formula is C56H44Cu2N4O12. The van der Waals surface area contributed by atoms with Gasteiger partial charge >= 0.3 is 34.1 Å². The smallest absolute Gasteiger partial charge is 0.545 e. The van der Waals surface area contributed by atoms with Crippen LogP contribution in [-0.4, -0.2) is 64.2 Å². The number of hydrogen-bond acceptors (Lipinski definition) is 16. The van der Waals surface area contributed by atoms with E-state index in [0.717, 1.165) is 66.4 Å². The number of carboxylic acid groups (broad SMARTS) is 4. The van der Waals surface area contributed by atoms with Crippen LogP contribution in [0.2, 0.25) is 0 Å². The minimum absolute atomic E-state index is 0. The Balaban J connectivity index is 0.000000237. The maximum atomic E-state index is 10.2. The van der Waals surface area contributed by atoms with Crippen molar-refractivity contribution in [3.8, 4) is 23.0 Å². The van der Waals surface area contributed by atoms with E-state index in [1.807, 2.05) is 52.0 Å². The van der Waals surface area contributed by atoms with Crippen LogP contribution >= 0.6 is 0 Å². The number of aromatic hydroxyl groups is 4. The van der Waals surface area contributed by atoms with Gasteiger partial charge in [0.15, 0.2) is 0 Å². The van der Waals surface area contributed by atoms with E-state index in [4.69, 9.17) is 20.4 Å². The third-order valence-corrected chi connectivity index (χ3v) is 10.1. The van der Waals surface area contributed by atoms with Crippen LogP contribution in [-0.2, 0) is 34.1 Å². The van der Waals surface area contributed by atoms with Crippen molar-refractivity contribution in [3.05, 3.63) is 215 Å². The minimum Gasteiger partial charge on any atom is -0.545 e. The molecule has 0 unspecified atom stereocenters. The van der Waals surface area contributed by atoms with Crippen LogP contribution in [0.1, 0.15) is 64.2 Å². The number of phenols is 4. The standard InChI is InChI=1S/2C14H12N2.4C7H6O3.2Cu/c2*1-9-3-5-11-7-8-12-6-4-10(2)16-14(12)13(11)15-9;4*8-6-4-2-1-3-5(6)7(9)10;;/h2*3-8H,1-2H3;4*1-4,8H,(H,9,10);;/q;;;;;;2*+2/p-4. The number of aryl methyl sites for hydroxylation is 4. The van der Waals surface area contributed by atoms with E-state index < -0.39 is 23.9 Å². The molecule has 0 bridgehead atoms. The van der Waals surface area contributed by atoms with Crippen LogP contribution in [0.4, 0.5) is 0 Å². The molecular weight excluding hydrogens is 1050 g/mol. The van der Waals surface area contributed by atoms with Crippen molar-refractivity contribution in [2.45, 2.75) is 27.7 Å². The Morgan fingerprint density at radius 2 is 0.459 bits per heavy atom. The van der Waals surface area contributed by atoms with Gasteiger partial charge in [0.05, 0.1) is 45.9 Å². The Labute approximate surface area is 444 Å². The van der Waals surface area contributed by atoms with Gasteiger partial charge in [-0.05, 0) is 100 Å². The van der Waals surface area contributed by atoms with Gasteiger partial charge in [0, 0.05) is 66.6 Å². The summed E-state index contributed by atoms with van der Waals surface area (Å²) in [7, 11) is 0. The average molecular weight is 1090 g/mol. The summed E-state index contributed by atoms with van der Waals surface area (Å²) in [5.41, 5.74) is 7.41.